The molecular formula is C12H17N3O2. The predicted molar refractivity (Wildman–Crippen MR) is 65.0 cm³/mol. The molecule has 0 aliphatic carbocycles. The van der Waals surface area contributed by atoms with Crippen LogP contribution in [0.2, 0.25) is 0 Å². The van der Waals surface area contributed by atoms with Crippen LogP contribution in [0.4, 0.5) is 0 Å². The summed E-state index contributed by atoms with van der Waals surface area (Å²) in [7, 11) is 0. The van der Waals surface area contributed by atoms with Crippen LogP contribution < -0.4 is 5.69 Å². The molecule has 2 rings (SSSR count). The molecule has 5 nitrogen and oxygen atoms in total. The largest absolute Gasteiger partial charge is 0.393 e. The van der Waals surface area contributed by atoms with Gasteiger partial charge in [-0.1, -0.05) is 13.0 Å². The zero-order valence-corrected chi connectivity index (χ0v) is 9.91. The molecule has 0 aromatic carbocycles. The fourth-order valence-electron chi connectivity index (χ4n) is 1.79. The summed E-state index contributed by atoms with van der Waals surface area (Å²) in [6.07, 6.45) is 3.65. The predicted octanol–water partition coefficient (Wildman–Crippen LogP) is 1.05. The number of nitrogens with zero attached hydrogens (tertiary/aromatic N) is 3. The molecule has 1 unspecified atom stereocenters. The Morgan fingerprint density at radius 1 is 1.47 bits per heavy atom. The summed E-state index contributed by atoms with van der Waals surface area (Å²) in [5.41, 5.74) is 0.542. The molecule has 0 spiro atoms. The molecule has 0 bridgehead atoms. The second-order valence-corrected chi connectivity index (χ2v) is 4.14. The van der Waals surface area contributed by atoms with Crippen molar-refractivity contribution in [1.29, 1.82) is 0 Å². The Bertz CT molecular complexity index is 544. The number of hydrogen-bond donors (Lipinski definition) is 1. The van der Waals surface area contributed by atoms with Crippen molar-refractivity contribution in [2.45, 2.75) is 38.8 Å². The summed E-state index contributed by atoms with van der Waals surface area (Å²) in [6.45, 7) is 2.50. The fraction of sp³-hybridized carbons (Fsp3) is 0.500. The summed E-state index contributed by atoms with van der Waals surface area (Å²) in [5.74, 6) is 0. The molecule has 17 heavy (non-hydrogen) atoms. The van der Waals surface area contributed by atoms with Gasteiger partial charge in [-0.2, -0.15) is 0 Å². The van der Waals surface area contributed by atoms with E-state index < -0.39 is 0 Å². The van der Waals surface area contributed by atoms with Gasteiger partial charge in [-0.05, 0) is 31.4 Å². The molecule has 0 aliphatic rings. The van der Waals surface area contributed by atoms with Gasteiger partial charge in [0.05, 0.1) is 6.10 Å². The third kappa shape index (κ3) is 2.55. The molecule has 1 atom stereocenters. The highest BCUT2D eigenvalue weighted by Crippen LogP contribution is 2.02. The molecular weight excluding hydrogens is 218 g/mol. The summed E-state index contributed by atoms with van der Waals surface area (Å²) >= 11 is 0. The van der Waals surface area contributed by atoms with Crippen LogP contribution in [0, 0.1) is 0 Å². The maximum Gasteiger partial charge on any atom is 0.350 e. The SMILES string of the molecule is CCC(O)CCCn1nc2ccccn2c1=O. The normalized spacial score (nSPS) is 13.1. The number of hydrogen-bond acceptors (Lipinski definition) is 3. The Balaban J connectivity index is 2.09. The lowest BCUT2D eigenvalue weighted by atomic mass is 10.1. The highest BCUT2D eigenvalue weighted by Gasteiger charge is 2.06. The quantitative estimate of drug-likeness (QED) is 0.842. The second-order valence-electron chi connectivity index (χ2n) is 4.14. The first kappa shape index (κ1) is 11.9. The number of aromatic nitrogens is 3. The van der Waals surface area contributed by atoms with E-state index in [0.717, 1.165) is 12.8 Å². The monoisotopic (exact) mass is 235 g/mol. The Hall–Kier alpha value is -1.62. The van der Waals surface area contributed by atoms with Gasteiger partial charge in [0.15, 0.2) is 5.65 Å². The van der Waals surface area contributed by atoms with Gasteiger partial charge in [0.1, 0.15) is 0 Å². The lowest BCUT2D eigenvalue weighted by molar-refractivity contribution is 0.155. The Kier molecular flexibility index (Phi) is 3.58. The molecule has 1 N–H and O–H groups in total. The zero-order chi connectivity index (χ0) is 12.3. The molecule has 2 aromatic rings. The standard InChI is InChI=1S/C12H17N3O2/c1-2-10(16)6-5-9-15-12(17)14-8-4-3-7-11(14)13-15/h3-4,7-8,10,16H,2,5-6,9H2,1H3. The van der Waals surface area contributed by atoms with E-state index in [2.05, 4.69) is 5.10 Å². The lowest BCUT2D eigenvalue weighted by Crippen LogP contribution is -2.21. The molecule has 92 valence electrons. The maximum atomic E-state index is 11.9. The van der Waals surface area contributed by atoms with Crippen LogP contribution in [0.15, 0.2) is 29.2 Å². The van der Waals surface area contributed by atoms with Crippen molar-refractivity contribution < 1.29 is 5.11 Å². The molecule has 2 aromatic heterocycles. The van der Waals surface area contributed by atoms with Gasteiger partial charge < -0.3 is 5.11 Å². The van der Waals surface area contributed by atoms with Crippen molar-refractivity contribution in [3.05, 3.63) is 34.9 Å². The van der Waals surface area contributed by atoms with E-state index in [1.165, 1.54) is 9.08 Å². The van der Waals surface area contributed by atoms with Crippen molar-refractivity contribution >= 4 is 5.65 Å². The topological polar surface area (TPSA) is 59.5 Å². The zero-order valence-electron chi connectivity index (χ0n) is 9.91. The van der Waals surface area contributed by atoms with Gasteiger partial charge in [-0.25, -0.2) is 9.48 Å². The third-order valence-electron chi connectivity index (χ3n) is 2.87. The van der Waals surface area contributed by atoms with E-state index in [-0.39, 0.29) is 11.8 Å². The summed E-state index contributed by atoms with van der Waals surface area (Å²) in [4.78, 5) is 11.9. The highest BCUT2D eigenvalue weighted by molar-refractivity contribution is 5.35. The maximum absolute atomic E-state index is 11.9. The Morgan fingerprint density at radius 3 is 3.00 bits per heavy atom. The summed E-state index contributed by atoms with van der Waals surface area (Å²) in [5, 5.41) is 13.7. The minimum Gasteiger partial charge on any atom is -0.393 e. The van der Waals surface area contributed by atoms with Crippen LogP contribution >= 0.6 is 0 Å². The van der Waals surface area contributed by atoms with E-state index in [1.54, 1.807) is 18.3 Å². The van der Waals surface area contributed by atoms with Crippen LogP contribution in [0.3, 0.4) is 0 Å². The fourth-order valence-corrected chi connectivity index (χ4v) is 1.79. The Morgan fingerprint density at radius 2 is 2.29 bits per heavy atom. The highest BCUT2D eigenvalue weighted by atomic mass is 16.3. The second kappa shape index (κ2) is 5.14. The van der Waals surface area contributed by atoms with Crippen LogP contribution in [-0.2, 0) is 6.54 Å². The minimum atomic E-state index is -0.275. The van der Waals surface area contributed by atoms with Gasteiger partial charge in [0.2, 0.25) is 0 Å². The van der Waals surface area contributed by atoms with Crippen LogP contribution in [-0.4, -0.2) is 25.4 Å². The van der Waals surface area contributed by atoms with Crippen molar-refractivity contribution in [2.75, 3.05) is 0 Å². The van der Waals surface area contributed by atoms with Crippen molar-refractivity contribution in [1.82, 2.24) is 14.2 Å². The van der Waals surface area contributed by atoms with E-state index in [1.807, 2.05) is 13.0 Å². The molecule has 2 heterocycles. The first-order valence-electron chi connectivity index (χ1n) is 5.94. The first-order chi connectivity index (χ1) is 8.22. The first-order valence-corrected chi connectivity index (χ1v) is 5.94. The average Bonchev–Trinajstić information content (AvgIpc) is 2.67. The smallest absolute Gasteiger partial charge is 0.350 e. The number of aliphatic hydroxyl groups is 1. The number of aryl methyl sites for hydroxylation is 1. The van der Waals surface area contributed by atoms with Crippen molar-refractivity contribution in [2.24, 2.45) is 0 Å². The van der Waals surface area contributed by atoms with Gasteiger partial charge in [-0.15, -0.1) is 5.10 Å². The third-order valence-corrected chi connectivity index (χ3v) is 2.87. The van der Waals surface area contributed by atoms with Gasteiger partial charge in [0.25, 0.3) is 0 Å². The lowest BCUT2D eigenvalue weighted by Gasteiger charge is -2.05. The van der Waals surface area contributed by atoms with Crippen LogP contribution in [0.5, 0.6) is 0 Å². The number of pyridine rings is 1. The molecule has 0 aliphatic heterocycles. The molecule has 0 amide bonds. The van der Waals surface area contributed by atoms with Gasteiger partial charge in [0, 0.05) is 12.7 Å². The van der Waals surface area contributed by atoms with Crippen LogP contribution in [0.1, 0.15) is 26.2 Å². The van der Waals surface area contributed by atoms with E-state index >= 15 is 0 Å². The van der Waals surface area contributed by atoms with Gasteiger partial charge >= 0.3 is 5.69 Å². The summed E-state index contributed by atoms with van der Waals surface area (Å²) in [6, 6.07) is 5.47. The molecule has 0 saturated carbocycles. The van der Waals surface area contributed by atoms with Gasteiger partial charge in [-0.3, -0.25) is 4.40 Å². The molecule has 0 saturated heterocycles. The molecule has 0 radical (unpaired) electrons. The number of fused-ring (bicyclic) bond motifs is 1. The van der Waals surface area contributed by atoms with Crippen LogP contribution in [0.25, 0.3) is 5.65 Å². The minimum absolute atomic E-state index is 0.119. The number of aliphatic hydroxyl groups excluding tert-OH is 1. The van der Waals surface area contributed by atoms with Crippen molar-refractivity contribution in [3.63, 3.8) is 0 Å². The Labute approximate surface area is 99.3 Å². The molecule has 5 heteroatoms. The van der Waals surface area contributed by atoms with E-state index in [4.69, 9.17) is 0 Å². The van der Waals surface area contributed by atoms with E-state index in [9.17, 15) is 9.90 Å². The molecule has 0 fully saturated rings. The van der Waals surface area contributed by atoms with Crippen molar-refractivity contribution in [3.8, 4) is 0 Å². The number of rotatable bonds is 5. The van der Waals surface area contributed by atoms with E-state index in [0.29, 0.717) is 18.6 Å². The summed E-state index contributed by atoms with van der Waals surface area (Å²) < 4.78 is 2.98. The average molecular weight is 235 g/mol.